The van der Waals surface area contributed by atoms with E-state index in [4.69, 9.17) is 0 Å². The second-order valence-electron chi connectivity index (χ2n) is 7.35. The van der Waals surface area contributed by atoms with E-state index >= 15 is 0 Å². The van der Waals surface area contributed by atoms with Crippen molar-refractivity contribution >= 4 is 0 Å². The third-order valence-electron chi connectivity index (χ3n) is 4.32. The first-order valence-electron chi connectivity index (χ1n) is 7.63. The third-order valence-corrected chi connectivity index (χ3v) is 4.32. The van der Waals surface area contributed by atoms with E-state index in [1.807, 2.05) is 6.20 Å². The normalized spacial score (nSPS) is 28.6. The van der Waals surface area contributed by atoms with E-state index in [2.05, 4.69) is 55.9 Å². The first kappa shape index (κ1) is 14.6. The molecule has 1 aliphatic carbocycles. The number of hydrogen-bond acceptors (Lipinski definition) is 2. The molecule has 108 valence electrons. The van der Waals surface area contributed by atoms with Gasteiger partial charge >= 0.3 is 0 Å². The maximum atomic E-state index is 4.46. The molecule has 3 heteroatoms. The van der Waals surface area contributed by atoms with Crippen LogP contribution in [0.25, 0.3) is 0 Å². The lowest BCUT2D eigenvalue weighted by molar-refractivity contribution is 0.227. The van der Waals surface area contributed by atoms with Gasteiger partial charge in [-0.1, -0.05) is 13.8 Å². The van der Waals surface area contributed by atoms with Crippen LogP contribution >= 0.6 is 0 Å². The van der Waals surface area contributed by atoms with E-state index in [9.17, 15) is 0 Å². The molecule has 0 radical (unpaired) electrons. The summed E-state index contributed by atoms with van der Waals surface area (Å²) in [5.74, 6) is 1.69. The van der Waals surface area contributed by atoms with Crippen molar-refractivity contribution < 1.29 is 0 Å². The number of hydrogen-bond donors (Lipinski definition) is 1. The number of nitrogens with zero attached hydrogens (tertiary/aromatic N) is 2. The molecule has 0 bridgehead atoms. The van der Waals surface area contributed by atoms with Gasteiger partial charge in [0.05, 0.1) is 11.7 Å². The van der Waals surface area contributed by atoms with Gasteiger partial charge in [-0.15, -0.1) is 0 Å². The maximum Gasteiger partial charge on any atom is 0.0543 e. The second-order valence-corrected chi connectivity index (χ2v) is 7.35. The Morgan fingerprint density at radius 2 is 2.05 bits per heavy atom. The number of nitrogens with one attached hydrogen (secondary N) is 1. The number of rotatable bonds is 3. The summed E-state index contributed by atoms with van der Waals surface area (Å²) in [6.45, 7) is 12.2. The lowest BCUT2D eigenvalue weighted by Gasteiger charge is -2.33. The summed E-state index contributed by atoms with van der Waals surface area (Å²) >= 11 is 0. The average Bonchev–Trinajstić information content (AvgIpc) is 2.76. The van der Waals surface area contributed by atoms with E-state index in [-0.39, 0.29) is 5.54 Å². The van der Waals surface area contributed by atoms with Crippen molar-refractivity contribution in [2.24, 2.45) is 11.8 Å². The minimum Gasteiger partial charge on any atom is -0.310 e. The Hall–Kier alpha value is -0.830. The molecule has 0 aromatic carbocycles. The summed E-state index contributed by atoms with van der Waals surface area (Å²) in [6, 6.07) is 0.675. The van der Waals surface area contributed by atoms with Crippen LogP contribution in [0.15, 0.2) is 12.4 Å². The Bertz CT molecular complexity index is 402. The minimum absolute atomic E-state index is 0.0752. The SMILES string of the molecule is CC1CCC(NCc2cnn(C(C)(C)C)c2)C(C)C1. The van der Waals surface area contributed by atoms with E-state index in [0.717, 1.165) is 18.4 Å². The van der Waals surface area contributed by atoms with Crippen LogP contribution in [-0.2, 0) is 12.1 Å². The van der Waals surface area contributed by atoms with Gasteiger partial charge < -0.3 is 5.32 Å². The third kappa shape index (κ3) is 3.82. The Kier molecular flexibility index (Phi) is 4.34. The van der Waals surface area contributed by atoms with Crippen LogP contribution in [-0.4, -0.2) is 15.8 Å². The van der Waals surface area contributed by atoms with Crippen molar-refractivity contribution in [3.63, 3.8) is 0 Å². The van der Waals surface area contributed by atoms with Gasteiger partial charge in [-0.05, 0) is 51.9 Å². The van der Waals surface area contributed by atoms with Crippen molar-refractivity contribution in [2.45, 2.75) is 72.0 Å². The molecule has 1 heterocycles. The van der Waals surface area contributed by atoms with Gasteiger partial charge in [0, 0.05) is 24.3 Å². The molecule has 3 atom stereocenters. The summed E-state index contributed by atoms with van der Waals surface area (Å²) in [4.78, 5) is 0. The minimum atomic E-state index is 0.0752. The number of aromatic nitrogens is 2. The highest BCUT2D eigenvalue weighted by atomic mass is 15.3. The molecular weight excluding hydrogens is 234 g/mol. The first-order chi connectivity index (χ1) is 8.86. The molecule has 0 aliphatic heterocycles. The summed E-state index contributed by atoms with van der Waals surface area (Å²) in [7, 11) is 0. The van der Waals surface area contributed by atoms with Gasteiger partial charge in [-0.25, -0.2) is 0 Å². The van der Waals surface area contributed by atoms with Gasteiger partial charge in [-0.2, -0.15) is 5.10 Å². The molecule has 0 spiro atoms. The van der Waals surface area contributed by atoms with Gasteiger partial charge in [0.15, 0.2) is 0 Å². The van der Waals surface area contributed by atoms with Crippen LogP contribution < -0.4 is 5.32 Å². The quantitative estimate of drug-likeness (QED) is 0.904. The Morgan fingerprint density at radius 1 is 1.32 bits per heavy atom. The molecule has 0 amide bonds. The highest BCUT2D eigenvalue weighted by molar-refractivity contribution is 5.05. The Labute approximate surface area is 117 Å². The lowest BCUT2D eigenvalue weighted by Crippen LogP contribution is -2.38. The molecule has 1 aromatic rings. The van der Waals surface area contributed by atoms with Gasteiger partial charge in [0.25, 0.3) is 0 Å². The van der Waals surface area contributed by atoms with Crippen LogP contribution in [0.5, 0.6) is 0 Å². The Balaban J connectivity index is 1.87. The molecule has 1 N–H and O–H groups in total. The molecule has 3 unspecified atom stereocenters. The zero-order valence-corrected chi connectivity index (χ0v) is 13.1. The predicted molar refractivity (Wildman–Crippen MR) is 80.0 cm³/mol. The fourth-order valence-corrected chi connectivity index (χ4v) is 3.04. The van der Waals surface area contributed by atoms with E-state index in [1.54, 1.807) is 0 Å². The fourth-order valence-electron chi connectivity index (χ4n) is 3.04. The van der Waals surface area contributed by atoms with Crippen molar-refractivity contribution in [2.75, 3.05) is 0 Å². The summed E-state index contributed by atoms with van der Waals surface area (Å²) in [5.41, 5.74) is 1.37. The van der Waals surface area contributed by atoms with Crippen molar-refractivity contribution in [3.05, 3.63) is 18.0 Å². The zero-order valence-electron chi connectivity index (χ0n) is 13.1. The zero-order chi connectivity index (χ0) is 14.0. The first-order valence-corrected chi connectivity index (χ1v) is 7.63. The molecule has 1 aromatic heterocycles. The standard InChI is InChI=1S/C16H29N3/c1-12-6-7-15(13(2)8-12)17-9-14-10-18-19(11-14)16(3,4)5/h10-13,15,17H,6-9H2,1-5H3. The maximum absolute atomic E-state index is 4.46. The van der Waals surface area contributed by atoms with Gasteiger partial charge in [0.1, 0.15) is 0 Å². The van der Waals surface area contributed by atoms with Crippen LogP contribution in [0.4, 0.5) is 0 Å². The highest BCUT2D eigenvalue weighted by Crippen LogP contribution is 2.28. The largest absolute Gasteiger partial charge is 0.310 e. The summed E-state index contributed by atoms with van der Waals surface area (Å²) in [6.07, 6.45) is 8.20. The summed E-state index contributed by atoms with van der Waals surface area (Å²) in [5, 5.41) is 8.18. The Morgan fingerprint density at radius 3 is 2.63 bits per heavy atom. The second kappa shape index (κ2) is 5.66. The van der Waals surface area contributed by atoms with Crippen molar-refractivity contribution in [1.29, 1.82) is 0 Å². The van der Waals surface area contributed by atoms with E-state index in [0.29, 0.717) is 6.04 Å². The van der Waals surface area contributed by atoms with Gasteiger partial charge in [-0.3, -0.25) is 4.68 Å². The van der Waals surface area contributed by atoms with Crippen LogP contribution in [0.2, 0.25) is 0 Å². The monoisotopic (exact) mass is 263 g/mol. The van der Waals surface area contributed by atoms with E-state index < -0.39 is 0 Å². The molecule has 1 fully saturated rings. The summed E-state index contributed by atoms with van der Waals surface area (Å²) < 4.78 is 2.05. The molecule has 1 saturated carbocycles. The predicted octanol–water partition coefficient (Wildman–Crippen LogP) is 3.55. The molecule has 0 saturated heterocycles. The molecule has 2 rings (SSSR count). The lowest BCUT2D eigenvalue weighted by atomic mass is 9.80. The fraction of sp³-hybridized carbons (Fsp3) is 0.812. The van der Waals surface area contributed by atoms with Gasteiger partial charge in [0.2, 0.25) is 0 Å². The molecule has 3 nitrogen and oxygen atoms in total. The van der Waals surface area contributed by atoms with Crippen molar-refractivity contribution in [1.82, 2.24) is 15.1 Å². The van der Waals surface area contributed by atoms with Crippen LogP contribution in [0.1, 0.15) is 59.4 Å². The molecular formula is C16H29N3. The molecule has 1 aliphatic rings. The van der Waals surface area contributed by atoms with Crippen molar-refractivity contribution in [3.8, 4) is 0 Å². The van der Waals surface area contributed by atoms with E-state index in [1.165, 1.54) is 24.8 Å². The topological polar surface area (TPSA) is 29.9 Å². The highest BCUT2D eigenvalue weighted by Gasteiger charge is 2.24. The van der Waals surface area contributed by atoms with Crippen LogP contribution in [0.3, 0.4) is 0 Å². The van der Waals surface area contributed by atoms with Crippen LogP contribution in [0, 0.1) is 11.8 Å². The average molecular weight is 263 g/mol. The smallest absolute Gasteiger partial charge is 0.0543 e. The molecule has 19 heavy (non-hydrogen) atoms.